The van der Waals surface area contributed by atoms with Gasteiger partial charge in [-0.15, -0.1) is 0 Å². The van der Waals surface area contributed by atoms with Gasteiger partial charge in [0.2, 0.25) is 35.4 Å². The molecule has 7 aliphatic rings. The molecule has 8 amide bonds. The number of H-pyrrole nitrogens is 5. The van der Waals surface area contributed by atoms with Gasteiger partial charge in [0.15, 0.2) is 0 Å². The number of nitrogens with one attached hydrogen (secondary N) is 12. The van der Waals surface area contributed by atoms with Crippen LogP contribution in [0, 0.1) is 0 Å². The van der Waals surface area contributed by atoms with Crippen LogP contribution in [0.4, 0.5) is 45.5 Å². The number of halogens is 5. The normalized spacial score (nSPS) is 18.0. The second-order valence-corrected chi connectivity index (χ2v) is 35.8. The predicted octanol–water partition coefficient (Wildman–Crippen LogP) is 8.03. The number of fused-ring (bicyclic) bond motifs is 4. The van der Waals surface area contributed by atoms with Crippen LogP contribution < -0.4 is 62.6 Å². The maximum Gasteiger partial charge on any atom is 0.258 e. The lowest BCUT2D eigenvalue weighted by Crippen LogP contribution is -2.53. The number of nitrogens with two attached hydrogens (primary N) is 1. The first-order valence-electron chi connectivity index (χ1n) is 42.4. The molecule has 18 rings (SSSR count). The van der Waals surface area contributed by atoms with Gasteiger partial charge in [0.1, 0.15) is 35.8 Å². The minimum atomic E-state index is -0.623. The Morgan fingerprint density at radius 1 is 0.441 bits per heavy atom. The zero-order valence-corrected chi connectivity index (χ0v) is 76.6. The van der Waals surface area contributed by atoms with E-state index in [2.05, 4.69) is 176 Å². The maximum absolute atomic E-state index is 12.9. The van der Waals surface area contributed by atoms with Gasteiger partial charge < -0.3 is 112 Å². The number of amides is 8. The minimum Gasteiger partial charge on any atom is -0.387 e. The Kier molecular flexibility index (Phi) is 30.4. The molecule has 4 atom stereocenters. The summed E-state index contributed by atoms with van der Waals surface area (Å²) in [5.41, 5.74) is 16.9. The Hall–Kier alpha value is -10.7. The molecule has 1 aromatic carbocycles. The quantitative estimate of drug-likeness (QED) is 0.0323. The first-order chi connectivity index (χ1) is 61.6. The van der Waals surface area contributed by atoms with E-state index >= 15 is 0 Å². The average molecular weight is 2010 g/mol. The third-order valence-electron chi connectivity index (χ3n) is 23.7. The van der Waals surface area contributed by atoms with Gasteiger partial charge in [0.05, 0.1) is 108 Å². The van der Waals surface area contributed by atoms with Gasteiger partial charge in [-0.05, 0) is 158 Å². The Labute approximate surface area is 768 Å². The topological polar surface area (TPSA) is 469 Å². The molecular weight excluding hydrogens is 1910 g/mol. The lowest BCUT2D eigenvalue weighted by atomic mass is 10.1. The van der Waals surface area contributed by atoms with Gasteiger partial charge in [-0.1, -0.05) is 23.7 Å². The number of hydrogen-bond donors (Lipinski definition) is 15. The molecular formula is C85H100Br4ClN27O10. The first-order valence-corrected chi connectivity index (χ1v) is 46.0. The lowest BCUT2D eigenvalue weighted by molar-refractivity contribution is -0.133. The third kappa shape index (κ3) is 22.0. The number of benzene rings is 1. The zero-order chi connectivity index (χ0) is 88.8. The van der Waals surface area contributed by atoms with Crippen molar-refractivity contribution in [3.63, 3.8) is 0 Å². The van der Waals surface area contributed by atoms with Crippen molar-refractivity contribution in [3.8, 4) is 0 Å². The molecule has 0 radical (unpaired) electrons. The van der Waals surface area contributed by atoms with Crippen LogP contribution in [0.15, 0.2) is 129 Å². The summed E-state index contributed by atoms with van der Waals surface area (Å²) in [4.78, 5) is 150. The number of aromatic amines is 5. The average Bonchev–Trinajstić information content (AvgIpc) is 1.66. The predicted molar refractivity (Wildman–Crippen MR) is 501 cm³/mol. The largest absolute Gasteiger partial charge is 0.387 e. The summed E-state index contributed by atoms with van der Waals surface area (Å²) in [7, 11) is 0. The number of nitrogens with zero attached hydrogens (tertiary/aromatic N) is 14. The van der Waals surface area contributed by atoms with Crippen LogP contribution in [0.3, 0.4) is 0 Å². The molecule has 7 fully saturated rings. The van der Waals surface area contributed by atoms with E-state index in [1.165, 1.54) is 12.4 Å². The summed E-state index contributed by atoms with van der Waals surface area (Å²) in [6.07, 6.45) is 28.8. The smallest absolute Gasteiger partial charge is 0.258 e. The van der Waals surface area contributed by atoms with E-state index in [1.54, 1.807) is 91.1 Å². The van der Waals surface area contributed by atoms with E-state index in [9.17, 15) is 38.4 Å². The van der Waals surface area contributed by atoms with Crippen molar-refractivity contribution < 1.29 is 48.6 Å². The zero-order valence-electron chi connectivity index (χ0n) is 69.5. The van der Waals surface area contributed by atoms with Crippen molar-refractivity contribution in [3.05, 3.63) is 150 Å². The molecule has 0 spiro atoms. The van der Waals surface area contributed by atoms with Crippen LogP contribution in [0.5, 0.6) is 0 Å². The molecule has 11 aromatic rings. The fourth-order valence-electron chi connectivity index (χ4n) is 17.2. The highest BCUT2D eigenvalue weighted by Gasteiger charge is 2.35. The molecule has 16 N–H and O–H groups in total. The maximum atomic E-state index is 12.9. The van der Waals surface area contributed by atoms with Crippen molar-refractivity contribution in [2.24, 2.45) is 5.73 Å². The Balaban J connectivity index is 0.000000131. The Morgan fingerprint density at radius 2 is 0.787 bits per heavy atom. The highest BCUT2D eigenvalue weighted by molar-refractivity contribution is 9.11. The van der Waals surface area contributed by atoms with Gasteiger partial charge in [-0.25, -0.2) is 19.9 Å². The van der Waals surface area contributed by atoms with Crippen molar-refractivity contribution in [1.82, 2.24) is 90.6 Å². The van der Waals surface area contributed by atoms with Crippen LogP contribution >= 0.6 is 75.3 Å². The van der Waals surface area contributed by atoms with E-state index in [4.69, 9.17) is 27.5 Å². The van der Waals surface area contributed by atoms with Gasteiger partial charge in [-0.3, -0.25) is 48.4 Å². The van der Waals surface area contributed by atoms with E-state index < -0.39 is 31.1 Å². The number of carbonyl (C=O) groups is 8. The molecule has 0 saturated carbocycles. The monoisotopic (exact) mass is 2010 g/mol. The number of piperazine rings is 4. The highest BCUT2D eigenvalue weighted by atomic mass is 79.9. The van der Waals surface area contributed by atoms with Crippen molar-refractivity contribution >= 4 is 212 Å². The molecule has 37 nitrogen and oxygen atoms in total. The fraction of sp³-hybridized carbons (Fsp3) is 0.412. The van der Waals surface area contributed by atoms with Crippen molar-refractivity contribution in [2.45, 2.75) is 88.4 Å². The molecule has 127 heavy (non-hydrogen) atoms. The Morgan fingerprint density at radius 3 is 1.10 bits per heavy atom. The number of aliphatic hydroxyl groups excluding tert-OH is 2. The second kappa shape index (κ2) is 42.5. The molecule has 670 valence electrons. The number of rotatable bonds is 21. The molecule has 7 saturated heterocycles. The standard InChI is InChI=1S/C23H26BrN7O2.C22H24BrClN6O3.C21H25BrN8O2.C19H25BrN6O3/c24-17-13-27-22-20(18(14-28-22)29-23(33)15-3-1-5-25-12-15)21(17)31-9-7-30(8-10-31)19(32)11-16-4-2-6-26-16;23-15-10-26-21-19(17(11-27-21)28-18(32)12-31)20(15)29-5-7-30(8-6-29)22(33)16(25)9-13-1-3-14(24)4-2-13;22-15-11-24-20-18(16(12-25-20)28-21(32)13-9-26-27-10-13)19(15)30-6-4-29(5-7-30)17(31)8-14-2-1-3-23-14;20-13-9-22-19-17(14(10-23-19)24-15(28)11-27)18(13)26-6-4-25(5-7-26)16(29)8-12-2-1-3-21-12/h1,3,5,12-14,16,26H,2,4,6-11H2,(H,27,28)(H,29,33);1-4,10-11,16,31H,5-9,12,25H2,(H,26,27)(H,28,32);9-12,14,23H,1-8H2,(H,24,25)(H,26,27)(H,28,32);9-10,12,21,27H,1-8,11H2,(H,22,23)(H,24,28)/t;16-;;/m.1../s1. The summed E-state index contributed by atoms with van der Waals surface area (Å²) in [6, 6.07) is 11.1. The molecule has 3 unspecified atom stereocenters. The summed E-state index contributed by atoms with van der Waals surface area (Å²) in [5, 5.41) is 50.0. The molecule has 0 aliphatic carbocycles. The SMILES string of the molecule is N[C@H](Cc1ccc(Cl)cc1)C(=O)N1CCN(c2c(Br)cnc3[nH]cc(NC(=O)CO)c23)CC1.O=C(CO)Nc1c[nH]c2ncc(Br)c(N3CCN(C(=O)CC4CCCN4)CC3)c12.O=C(Nc1c[nH]c2ncc(Br)c(N3CCN(C(=O)CC4CCCN4)CC3)c12)c1cccnc1.O=C(Nc1c[nH]c2ncc(Br)c(N3CCN(C(=O)CC4CCCN4)CC3)c12)c1cn[nH]c1. The molecule has 10 aromatic heterocycles. The van der Waals surface area contributed by atoms with E-state index in [-0.39, 0.29) is 35.4 Å². The minimum absolute atomic E-state index is 0.0823. The number of carbonyl (C=O) groups excluding carboxylic acids is 8. The van der Waals surface area contributed by atoms with E-state index in [1.807, 2.05) is 26.8 Å². The van der Waals surface area contributed by atoms with Crippen LogP contribution in [0.2, 0.25) is 5.02 Å². The van der Waals surface area contributed by atoms with Crippen LogP contribution in [-0.2, 0) is 35.2 Å². The van der Waals surface area contributed by atoms with Gasteiger partial charge in [0.25, 0.3) is 11.8 Å². The Bertz CT molecular complexity index is 5720. The molecule has 42 heteroatoms. The molecule has 0 bridgehead atoms. The van der Waals surface area contributed by atoms with E-state index in [0.717, 1.165) is 126 Å². The first kappa shape index (κ1) is 91.0. The van der Waals surface area contributed by atoms with Gasteiger partial charge in [0, 0.05) is 215 Å². The fourth-order valence-corrected chi connectivity index (χ4v) is 19.5. The number of anilines is 8. The summed E-state index contributed by atoms with van der Waals surface area (Å²) in [6.45, 7) is 12.3. The van der Waals surface area contributed by atoms with Crippen molar-refractivity contribution in [1.29, 1.82) is 0 Å². The number of aromatic nitrogens is 11. The lowest BCUT2D eigenvalue weighted by Gasteiger charge is -2.37. The van der Waals surface area contributed by atoms with Gasteiger partial charge >= 0.3 is 0 Å². The second-order valence-electron chi connectivity index (χ2n) is 31.9. The van der Waals surface area contributed by atoms with Crippen LogP contribution in [0.1, 0.15) is 84.1 Å². The summed E-state index contributed by atoms with van der Waals surface area (Å²) >= 11 is 20.4. The number of hydrogen-bond acceptors (Lipinski definition) is 24. The van der Waals surface area contributed by atoms with Crippen LogP contribution in [-0.4, -0.2) is 294 Å². The van der Waals surface area contributed by atoms with Gasteiger partial charge in [-0.2, -0.15) is 5.10 Å². The molecule has 7 aliphatic heterocycles. The molecule has 17 heterocycles. The summed E-state index contributed by atoms with van der Waals surface area (Å²) < 4.78 is 3.28. The van der Waals surface area contributed by atoms with Crippen LogP contribution in [0.25, 0.3) is 44.1 Å². The summed E-state index contributed by atoms with van der Waals surface area (Å²) in [5.74, 6) is -0.898. The number of aliphatic hydroxyl groups is 2. The van der Waals surface area contributed by atoms with Crippen molar-refractivity contribution in [2.75, 3.05) is 178 Å². The van der Waals surface area contributed by atoms with E-state index in [0.29, 0.717) is 210 Å². The number of pyridine rings is 5. The highest BCUT2D eigenvalue weighted by Crippen LogP contribution is 2.43. The third-order valence-corrected chi connectivity index (χ3v) is 26.3.